The van der Waals surface area contributed by atoms with E-state index >= 15 is 0 Å². The van der Waals surface area contributed by atoms with Crippen molar-refractivity contribution in [1.29, 1.82) is 0 Å². The zero-order chi connectivity index (χ0) is 16.2. The first-order valence-corrected chi connectivity index (χ1v) is 7.88. The van der Waals surface area contributed by atoms with Gasteiger partial charge >= 0.3 is 0 Å². The second-order valence-corrected chi connectivity index (χ2v) is 5.89. The van der Waals surface area contributed by atoms with Crippen molar-refractivity contribution in [2.75, 3.05) is 25.7 Å². The molecule has 0 aliphatic carbocycles. The second kappa shape index (κ2) is 6.66. The molecule has 0 radical (unpaired) electrons. The summed E-state index contributed by atoms with van der Waals surface area (Å²) < 4.78 is 11.7. The number of amides is 1. The van der Waals surface area contributed by atoms with E-state index in [2.05, 4.69) is 4.98 Å². The number of ether oxygens (including phenoxy) is 2. The van der Waals surface area contributed by atoms with Crippen molar-refractivity contribution in [1.82, 2.24) is 4.98 Å². The molecule has 0 saturated carbocycles. The van der Waals surface area contributed by atoms with Crippen molar-refractivity contribution < 1.29 is 14.3 Å². The number of hydrogen-bond acceptors (Lipinski definition) is 5. The van der Waals surface area contributed by atoms with Gasteiger partial charge in [0.1, 0.15) is 11.5 Å². The highest BCUT2D eigenvalue weighted by atomic mass is 32.1. The smallest absolute Gasteiger partial charge is 0.266 e. The van der Waals surface area contributed by atoms with Gasteiger partial charge in [-0.2, -0.15) is 0 Å². The van der Waals surface area contributed by atoms with Gasteiger partial charge in [-0.25, -0.2) is 4.98 Å². The van der Waals surface area contributed by atoms with Crippen molar-refractivity contribution in [2.24, 2.45) is 0 Å². The van der Waals surface area contributed by atoms with Crippen molar-refractivity contribution in [3.05, 3.63) is 48.5 Å². The SMILES string of the molecule is COc1ccc(OCC(=O)N(C)c2nc3ccccc3s2)cc1. The summed E-state index contributed by atoms with van der Waals surface area (Å²) in [5.74, 6) is 1.21. The Balaban J connectivity index is 1.64. The highest BCUT2D eigenvalue weighted by molar-refractivity contribution is 7.22. The molecule has 0 spiro atoms. The second-order valence-electron chi connectivity index (χ2n) is 4.88. The lowest BCUT2D eigenvalue weighted by Gasteiger charge is -2.14. The number of likely N-dealkylation sites (N-methyl/N-ethyl adjacent to an activating group) is 1. The Kier molecular flexibility index (Phi) is 4.43. The monoisotopic (exact) mass is 328 g/mol. The normalized spacial score (nSPS) is 10.5. The molecule has 1 amide bonds. The summed E-state index contributed by atoms with van der Waals surface area (Å²) >= 11 is 1.48. The molecule has 0 bridgehead atoms. The molecule has 0 N–H and O–H groups in total. The van der Waals surface area contributed by atoms with Gasteiger partial charge in [-0.1, -0.05) is 23.5 Å². The molecule has 2 aromatic carbocycles. The quantitative estimate of drug-likeness (QED) is 0.721. The number of carbonyl (C=O) groups is 1. The minimum atomic E-state index is -0.153. The largest absolute Gasteiger partial charge is 0.497 e. The number of benzene rings is 2. The molecular weight excluding hydrogens is 312 g/mol. The molecule has 0 atom stereocenters. The third kappa shape index (κ3) is 3.43. The predicted molar refractivity (Wildman–Crippen MR) is 91.5 cm³/mol. The molecule has 0 unspecified atom stereocenters. The van der Waals surface area contributed by atoms with Crippen LogP contribution in [0.1, 0.15) is 0 Å². The van der Waals surface area contributed by atoms with Crippen LogP contribution in [0, 0.1) is 0 Å². The maximum absolute atomic E-state index is 12.3. The van der Waals surface area contributed by atoms with Crippen molar-refractivity contribution in [3.8, 4) is 11.5 Å². The standard InChI is InChI=1S/C17H16N2O3S/c1-19(17-18-14-5-3-4-6-15(14)23-17)16(20)11-22-13-9-7-12(21-2)8-10-13/h3-10H,11H2,1-2H3. The fraction of sp³-hybridized carbons (Fsp3) is 0.176. The summed E-state index contributed by atoms with van der Waals surface area (Å²) in [7, 11) is 3.31. The summed E-state index contributed by atoms with van der Waals surface area (Å²) in [6.45, 7) is -0.0429. The number of thiazole rings is 1. The van der Waals surface area contributed by atoms with Gasteiger partial charge in [0.2, 0.25) is 0 Å². The maximum Gasteiger partial charge on any atom is 0.266 e. The third-order valence-corrected chi connectivity index (χ3v) is 4.48. The third-order valence-electron chi connectivity index (χ3n) is 3.37. The Labute approximate surface area is 138 Å². The molecule has 1 aromatic heterocycles. The zero-order valence-electron chi connectivity index (χ0n) is 12.9. The van der Waals surface area contributed by atoms with Crippen molar-refractivity contribution in [3.63, 3.8) is 0 Å². The van der Waals surface area contributed by atoms with Gasteiger partial charge in [0.05, 0.1) is 17.3 Å². The number of fused-ring (bicyclic) bond motifs is 1. The van der Waals surface area contributed by atoms with E-state index in [1.165, 1.54) is 16.2 Å². The summed E-state index contributed by atoms with van der Waals surface area (Å²) in [4.78, 5) is 18.2. The Morgan fingerprint density at radius 2 is 1.83 bits per heavy atom. The summed E-state index contributed by atoms with van der Waals surface area (Å²) in [6.07, 6.45) is 0. The lowest BCUT2D eigenvalue weighted by atomic mass is 10.3. The van der Waals surface area contributed by atoms with E-state index in [9.17, 15) is 4.79 Å². The van der Waals surface area contributed by atoms with Gasteiger partial charge in [0.15, 0.2) is 11.7 Å². The molecular formula is C17H16N2O3S. The molecule has 3 rings (SSSR count). The van der Waals surface area contributed by atoms with Crippen LogP contribution >= 0.6 is 11.3 Å². The number of carbonyl (C=O) groups excluding carboxylic acids is 1. The lowest BCUT2D eigenvalue weighted by Crippen LogP contribution is -2.31. The molecule has 0 saturated heterocycles. The molecule has 1 heterocycles. The number of hydrogen-bond donors (Lipinski definition) is 0. The van der Waals surface area contributed by atoms with Gasteiger partial charge < -0.3 is 9.47 Å². The molecule has 5 nitrogen and oxygen atoms in total. The highest BCUT2D eigenvalue weighted by Crippen LogP contribution is 2.27. The van der Waals surface area contributed by atoms with Crippen LogP contribution in [0.25, 0.3) is 10.2 Å². The lowest BCUT2D eigenvalue weighted by molar-refractivity contribution is -0.120. The van der Waals surface area contributed by atoms with Crippen molar-refractivity contribution >= 4 is 32.6 Å². The maximum atomic E-state index is 12.3. The summed E-state index contributed by atoms with van der Waals surface area (Å²) in [5.41, 5.74) is 0.892. The topological polar surface area (TPSA) is 51.7 Å². The predicted octanol–water partition coefficient (Wildman–Crippen LogP) is 3.35. The van der Waals surface area contributed by atoms with Crippen LogP contribution in [0.5, 0.6) is 11.5 Å². The van der Waals surface area contributed by atoms with Crippen molar-refractivity contribution in [2.45, 2.75) is 0 Å². The first-order chi connectivity index (χ1) is 11.2. The van der Waals surface area contributed by atoms with E-state index in [1.807, 2.05) is 24.3 Å². The fourth-order valence-corrected chi connectivity index (χ4v) is 2.97. The van der Waals surface area contributed by atoms with Crippen LogP contribution in [0.4, 0.5) is 5.13 Å². The van der Waals surface area contributed by atoms with Crippen LogP contribution in [-0.4, -0.2) is 31.7 Å². The van der Waals surface area contributed by atoms with Crippen LogP contribution in [0.2, 0.25) is 0 Å². The van der Waals surface area contributed by atoms with Crippen LogP contribution in [0.15, 0.2) is 48.5 Å². The van der Waals surface area contributed by atoms with E-state index in [0.29, 0.717) is 10.9 Å². The van der Waals surface area contributed by atoms with Gasteiger partial charge in [-0.15, -0.1) is 0 Å². The van der Waals surface area contributed by atoms with Crippen LogP contribution in [-0.2, 0) is 4.79 Å². The van der Waals surface area contributed by atoms with E-state index in [0.717, 1.165) is 16.0 Å². The molecule has 0 fully saturated rings. The minimum absolute atomic E-state index is 0.0429. The number of anilines is 1. The highest BCUT2D eigenvalue weighted by Gasteiger charge is 2.15. The molecule has 23 heavy (non-hydrogen) atoms. The minimum Gasteiger partial charge on any atom is -0.497 e. The molecule has 6 heteroatoms. The summed E-state index contributed by atoms with van der Waals surface area (Å²) in [6, 6.07) is 14.9. The Hall–Kier alpha value is -2.60. The molecule has 118 valence electrons. The Morgan fingerprint density at radius 1 is 1.13 bits per heavy atom. The molecule has 0 aliphatic rings. The van der Waals surface area contributed by atoms with Crippen LogP contribution in [0.3, 0.4) is 0 Å². The number of nitrogens with zero attached hydrogens (tertiary/aromatic N) is 2. The zero-order valence-corrected chi connectivity index (χ0v) is 13.7. The first kappa shape index (κ1) is 15.3. The first-order valence-electron chi connectivity index (χ1n) is 7.06. The van der Waals surface area contributed by atoms with Gasteiger partial charge in [-0.05, 0) is 36.4 Å². The number of aromatic nitrogens is 1. The van der Waals surface area contributed by atoms with Gasteiger partial charge in [-0.3, -0.25) is 9.69 Å². The number of methoxy groups -OCH3 is 1. The van der Waals surface area contributed by atoms with E-state index in [1.54, 1.807) is 38.4 Å². The Bertz CT molecular complexity index is 781. The average Bonchev–Trinajstić information content (AvgIpc) is 3.03. The molecule has 3 aromatic rings. The Morgan fingerprint density at radius 3 is 2.52 bits per heavy atom. The van der Waals surface area contributed by atoms with Gasteiger partial charge in [0, 0.05) is 7.05 Å². The van der Waals surface area contributed by atoms with E-state index in [4.69, 9.17) is 9.47 Å². The summed E-state index contributed by atoms with van der Waals surface area (Å²) in [5, 5.41) is 0.662. The fourth-order valence-electron chi connectivity index (χ4n) is 2.02. The number of rotatable bonds is 5. The van der Waals surface area contributed by atoms with Gasteiger partial charge in [0.25, 0.3) is 5.91 Å². The van der Waals surface area contributed by atoms with Crippen LogP contribution < -0.4 is 14.4 Å². The van der Waals surface area contributed by atoms with E-state index < -0.39 is 0 Å². The number of para-hydroxylation sites is 1. The van der Waals surface area contributed by atoms with E-state index in [-0.39, 0.29) is 12.5 Å². The molecule has 0 aliphatic heterocycles. The average molecular weight is 328 g/mol.